The Labute approximate surface area is 420 Å². The van der Waals surface area contributed by atoms with E-state index in [9.17, 15) is 15.2 Å². The molecule has 1 N–H and O–H groups in total. The van der Waals surface area contributed by atoms with E-state index in [0.29, 0.717) is 0 Å². The molecule has 0 radical (unpaired) electrons. The van der Waals surface area contributed by atoms with Gasteiger partial charge in [-0.15, -0.1) is 11.3 Å². The molecule has 7 aromatic rings. The highest BCUT2D eigenvalue weighted by atomic mass is 32.1. The summed E-state index contributed by atoms with van der Waals surface area (Å²) in [6.45, 7) is 14.5. The summed E-state index contributed by atoms with van der Waals surface area (Å²) in [6, 6.07) is 52.0. The lowest BCUT2D eigenvalue weighted by molar-refractivity contribution is -0.132. The van der Waals surface area contributed by atoms with E-state index in [-0.39, 0.29) is 21.8 Å². The van der Waals surface area contributed by atoms with Gasteiger partial charge in [-0.05, 0) is 165 Å². The molecule has 3 aliphatic rings. The summed E-state index contributed by atoms with van der Waals surface area (Å²) < 4.78 is 0. The van der Waals surface area contributed by atoms with E-state index >= 15 is 0 Å². The van der Waals surface area contributed by atoms with Crippen LogP contribution in [-0.2, 0) is 21.0 Å². The number of aliphatic carboxylic acids is 1. The van der Waals surface area contributed by atoms with Crippen molar-refractivity contribution in [1.82, 2.24) is 0 Å². The van der Waals surface area contributed by atoms with Gasteiger partial charge in [0.15, 0.2) is 0 Å². The van der Waals surface area contributed by atoms with Gasteiger partial charge in [0.05, 0.1) is 0 Å². The van der Waals surface area contributed by atoms with Crippen LogP contribution >= 0.6 is 11.3 Å². The fourth-order valence-electron chi connectivity index (χ4n) is 14.1. The predicted molar refractivity (Wildman–Crippen MR) is 294 cm³/mol. The molecule has 4 nitrogen and oxygen atoms in total. The second-order valence-corrected chi connectivity index (χ2v) is 21.3. The first-order chi connectivity index (χ1) is 34.2. The van der Waals surface area contributed by atoms with E-state index in [0.717, 1.165) is 109 Å². The Balaban J connectivity index is 1.25. The molecule has 6 aromatic carbocycles. The first-order valence-corrected chi connectivity index (χ1v) is 27.0. The van der Waals surface area contributed by atoms with Crippen LogP contribution in [0.2, 0.25) is 0 Å². The Morgan fingerprint density at radius 1 is 0.529 bits per heavy atom. The molecule has 10 rings (SSSR count). The number of carbonyl (C=O) groups is 1. The number of thiophene rings is 1. The van der Waals surface area contributed by atoms with Crippen LogP contribution < -0.4 is 4.90 Å². The molecule has 0 unspecified atom stereocenters. The summed E-state index contributed by atoms with van der Waals surface area (Å²) in [5, 5.41) is 18.9. The van der Waals surface area contributed by atoms with Crippen LogP contribution in [0, 0.1) is 11.3 Å². The van der Waals surface area contributed by atoms with Crippen molar-refractivity contribution in [1.29, 1.82) is 5.26 Å². The molecule has 0 amide bonds. The van der Waals surface area contributed by atoms with Gasteiger partial charge in [0.25, 0.3) is 0 Å². The minimum Gasteiger partial charge on any atom is -0.477 e. The normalized spacial score (nSPS) is 15.1. The molecular weight excluding hydrogens is 873 g/mol. The van der Waals surface area contributed by atoms with Crippen molar-refractivity contribution >= 4 is 40.4 Å². The average molecular weight is 939 g/mol. The standard InChI is InChI=1S/C65H66N2O2S/c1-7-34-63(35-8-2)53-25-19-17-23-50(53)57-59(63)56-49-22-16-18-24-52(49)64(36-9-3,37-10-4)60(56)58-51-32-30-47(41-54(51)65(38-11-5,39-12-6)61(57)58)67(45-20-14-13-15-21-45)46-28-26-43(27-29-46)55-33-31-48(70-55)40-44(42-66)62(68)69/h13-33,40-41H,7-12,34-39H2,1-6H3,(H,68,69)/b44-40-. The summed E-state index contributed by atoms with van der Waals surface area (Å²) in [6.07, 6.45) is 14.8. The third-order valence-corrected chi connectivity index (χ3v) is 17.2. The van der Waals surface area contributed by atoms with Crippen molar-refractivity contribution in [3.63, 3.8) is 0 Å². The number of fused-ring (bicyclic) bond motifs is 12. The Hall–Kier alpha value is -6.48. The van der Waals surface area contributed by atoms with E-state index in [1.807, 2.05) is 18.2 Å². The highest BCUT2D eigenvalue weighted by Gasteiger charge is 2.57. The molecule has 0 saturated carbocycles. The Morgan fingerprint density at radius 2 is 0.957 bits per heavy atom. The number of para-hydroxylation sites is 1. The quantitative estimate of drug-likeness (QED) is 0.0688. The lowest BCUT2D eigenvalue weighted by Gasteiger charge is -2.39. The molecule has 0 atom stereocenters. The number of nitrogens with zero attached hydrogens (tertiary/aromatic N) is 2. The van der Waals surface area contributed by atoms with Crippen molar-refractivity contribution in [3.8, 4) is 49.9 Å². The molecule has 0 spiro atoms. The smallest absolute Gasteiger partial charge is 0.346 e. The van der Waals surface area contributed by atoms with Gasteiger partial charge < -0.3 is 10.0 Å². The topological polar surface area (TPSA) is 64.3 Å². The summed E-state index contributed by atoms with van der Waals surface area (Å²) >= 11 is 1.49. The van der Waals surface area contributed by atoms with Crippen molar-refractivity contribution in [2.75, 3.05) is 4.90 Å². The molecule has 3 aliphatic carbocycles. The van der Waals surface area contributed by atoms with E-state index in [1.54, 1.807) is 44.5 Å². The number of carboxylic acid groups (broad SMARTS) is 1. The third kappa shape index (κ3) is 7.15. The number of nitriles is 1. The zero-order valence-electron chi connectivity index (χ0n) is 41.9. The molecule has 1 heterocycles. The summed E-state index contributed by atoms with van der Waals surface area (Å²) in [5.74, 6) is -1.22. The summed E-state index contributed by atoms with van der Waals surface area (Å²) in [4.78, 5) is 15.8. The number of benzene rings is 6. The van der Waals surface area contributed by atoms with Crippen LogP contribution in [0.25, 0.3) is 49.9 Å². The second-order valence-electron chi connectivity index (χ2n) is 20.2. The largest absolute Gasteiger partial charge is 0.477 e. The van der Waals surface area contributed by atoms with Crippen molar-refractivity contribution in [2.24, 2.45) is 0 Å². The van der Waals surface area contributed by atoms with Gasteiger partial charge in [-0.1, -0.05) is 165 Å². The van der Waals surface area contributed by atoms with Crippen LogP contribution in [0.1, 0.15) is 157 Å². The van der Waals surface area contributed by atoms with E-state index in [1.165, 1.54) is 39.7 Å². The van der Waals surface area contributed by atoms with Gasteiger partial charge in [0.1, 0.15) is 11.6 Å². The van der Waals surface area contributed by atoms with Crippen LogP contribution in [0.15, 0.2) is 139 Å². The lowest BCUT2D eigenvalue weighted by Crippen LogP contribution is -2.30. The molecule has 0 bridgehead atoms. The maximum absolute atomic E-state index is 11.6. The average Bonchev–Trinajstić information content (AvgIpc) is 4.10. The van der Waals surface area contributed by atoms with Gasteiger partial charge >= 0.3 is 5.97 Å². The summed E-state index contributed by atoms with van der Waals surface area (Å²) in [7, 11) is 0. The number of anilines is 3. The first-order valence-electron chi connectivity index (χ1n) is 26.2. The van der Waals surface area contributed by atoms with Crippen LogP contribution in [0.4, 0.5) is 17.1 Å². The van der Waals surface area contributed by atoms with Crippen LogP contribution in [-0.4, -0.2) is 11.1 Å². The number of hydrogen-bond acceptors (Lipinski definition) is 4. The molecule has 354 valence electrons. The van der Waals surface area contributed by atoms with E-state index in [2.05, 4.69) is 168 Å². The Morgan fingerprint density at radius 3 is 1.43 bits per heavy atom. The zero-order chi connectivity index (χ0) is 48.8. The zero-order valence-corrected chi connectivity index (χ0v) is 42.7. The van der Waals surface area contributed by atoms with Crippen LogP contribution in [0.3, 0.4) is 0 Å². The summed E-state index contributed by atoms with van der Waals surface area (Å²) in [5.41, 5.74) is 22.2. The van der Waals surface area contributed by atoms with Gasteiger partial charge in [-0.3, -0.25) is 0 Å². The lowest BCUT2D eigenvalue weighted by atomic mass is 9.64. The van der Waals surface area contributed by atoms with Gasteiger partial charge in [-0.2, -0.15) is 5.26 Å². The van der Waals surface area contributed by atoms with Crippen molar-refractivity contribution in [2.45, 2.75) is 135 Å². The molecule has 1 aromatic heterocycles. The molecule has 0 saturated heterocycles. The van der Waals surface area contributed by atoms with Gasteiger partial charge in [0.2, 0.25) is 0 Å². The minimum absolute atomic E-state index is 0.0734. The highest BCUT2D eigenvalue weighted by molar-refractivity contribution is 7.16. The predicted octanol–water partition coefficient (Wildman–Crippen LogP) is 18.5. The third-order valence-electron chi connectivity index (χ3n) is 16.2. The van der Waals surface area contributed by atoms with E-state index in [4.69, 9.17) is 0 Å². The number of rotatable bonds is 18. The molecule has 5 heteroatoms. The molecule has 0 fully saturated rings. The SMILES string of the molecule is CCCC1(CCC)c2ccccc2-c2c1c1c(c3c2C(CCC)(CCC)c2cc(N(c4ccccc4)c4ccc(-c5ccc(/C=C(/C#N)C(=O)O)s5)cc4)ccc2-3)C(CCC)(CCC)c2ccccc2-1. The second kappa shape index (κ2) is 19.0. The first kappa shape index (κ1) is 47.2. The maximum Gasteiger partial charge on any atom is 0.346 e. The fraction of sp³-hybridized carbons (Fsp3) is 0.323. The monoisotopic (exact) mass is 938 g/mol. The van der Waals surface area contributed by atoms with Gasteiger partial charge in [-0.25, -0.2) is 4.79 Å². The number of carboxylic acids is 1. The number of hydrogen-bond donors (Lipinski definition) is 1. The molecule has 70 heavy (non-hydrogen) atoms. The Kier molecular flexibility index (Phi) is 12.8. The molecule has 0 aliphatic heterocycles. The van der Waals surface area contributed by atoms with Crippen molar-refractivity contribution < 1.29 is 9.90 Å². The van der Waals surface area contributed by atoms with E-state index < -0.39 is 5.97 Å². The van der Waals surface area contributed by atoms with Crippen LogP contribution in [0.5, 0.6) is 0 Å². The van der Waals surface area contributed by atoms with Gasteiger partial charge in [0, 0.05) is 43.1 Å². The van der Waals surface area contributed by atoms with Crippen molar-refractivity contribution in [3.05, 3.63) is 177 Å². The fourth-order valence-corrected chi connectivity index (χ4v) is 15.0. The highest BCUT2D eigenvalue weighted by Crippen LogP contribution is 2.71. The molecular formula is C65H66N2O2S. The Bertz CT molecular complexity index is 3160. The minimum atomic E-state index is -1.22. The maximum atomic E-state index is 11.6.